The topological polar surface area (TPSA) is 80.7 Å². The van der Waals surface area contributed by atoms with E-state index in [2.05, 4.69) is 4.90 Å². The molecule has 1 amide bonds. The molecule has 0 aliphatic carbocycles. The van der Waals surface area contributed by atoms with Crippen LogP contribution in [-0.4, -0.2) is 85.8 Å². The van der Waals surface area contributed by atoms with Crippen molar-refractivity contribution in [3.05, 3.63) is 23.8 Å². The maximum atomic E-state index is 12.4. The van der Waals surface area contributed by atoms with Crippen LogP contribution in [-0.2, 0) is 20.9 Å². The smallest absolute Gasteiger partial charge is 0.251 e. The van der Waals surface area contributed by atoms with Gasteiger partial charge < -0.3 is 29.0 Å². The molecule has 1 aromatic rings. The van der Waals surface area contributed by atoms with Gasteiger partial charge in [0.25, 0.3) is 5.91 Å². The molecule has 2 saturated heterocycles. The van der Waals surface area contributed by atoms with Crippen LogP contribution in [0.3, 0.4) is 0 Å². The number of carbonyl (C=O) groups excluding carboxylic acids is 1. The summed E-state index contributed by atoms with van der Waals surface area (Å²) < 4.78 is 21.8. The van der Waals surface area contributed by atoms with Crippen LogP contribution in [0.4, 0.5) is 0 Å². The van der Waals surface area contributed by atoms with Crippen LogP contribution in [0.15, 0.2) is 18.2 Å². The van der Waals surface area contributed by atoms with Gasteiger partial charge in [0.05, 0.1) is 19.3 Å². The summed E-state index contributed by atoms with van der Waals surface area (Å²) >= 11 is 0. The lowest BCUT2D eigenvalue weighted by Gasteiger charge is -2.36. The summed E-state index contributed by atoms with van der Waals surface area (Å²) in [5, 5.41) is 10.3. The van der Waals surface area contributed by atoms with Gasteiger partial charge in [0.15, 0.2) is 11.5 Å². The predicted molar refractivity (Wildman–Crippen MR) is 100 cm³/mol. The van der Waals surface area contributed by atoms with Gasteiger partial charge in [0, 0.05) is 39.3 Å². The highest BCUT2D eigenvalue weighted by molar-refractivity contribution is 5.81. The molecule has 1 N–H and O–H groups in total. The van der Waals surface area contributed by atoms with Gasteiger partial charge in [-0.05, 0) is 30.5 Å². The Morgan fingerprint density at radius 1 is 1.21 bits per heavy atom. The van der Waals surface area contributed by atoms with Crippen LogP contribution < -0.4 is 9.47 Å². The Bertz CT molecular complexity index is 671. The lowest BCUT2D eigenvalue weighted by molar-refractivity contribution is -0.142. The van der Waals surface area contributed by atoms with E-state index < -0.39 is 6.10 Å². The van der Waals surface area contributed by atoms with E-state index in [0.29, 0.717) is 32.8 Å². The second-order valence-corrected chi connectivity index (χ2v) is 7.48. The van der Waals surface area contributed by atoms with Crippen LogP contribution in [0.2, 0.25) is 0 Å². The van der Waals surface area contributed by atoms with Crippen molar-refractivity contribution < 1.29 is 28.8 Å². The Kier molecular flexibility index (Phi) is 6.31. The predicted octanol–water partition coefficient (Wildman–Crippen LogP) is 0.616. The van der Waals surface area contributed by atoms with Crippen LogP contribution in [0, 0.1) is 0 Å². The van der Waals surface area contributed by atoms with Crippen molar-refractivity contribution in [3.63, 3.8) is 0 Å². The number of nitrogens with zero attached hydrogens (tertiary/aromatic N) is 2. The number of benzene rings is 1. The fourth-order valence-electron chi connectivity index (χ4n) is 3.82. The van der Waals surface area contributed by atoms with Crippen molar-refractivity contribution in [3.8, 4) is 11.5 Å². The molecule has 2 fully saturated rings. The largest absolute Gasteiger partial charge is 0.454 e. The van der Waals surface area contributed by atoms with Crippen molar-refractivity contribution in [2.45, 2.75) is 31.7 Å². The maximum absolute atomic E-state index is 12.4. The quantitative estimate of drug-likeness (QED) is 0.728. The molecule has 8 heteroatoms. The first-order chi connectivity index (χ1) is 13.7. The third-order valence-electron chi connectivity index (χ3n) is 5.37. The average molecular weight is 392 g/mol. The van der Waals surface area contributed by atoms with Crippen LogP contribution >= 0.6 is 0 Å². The molecule has 0 aromatic heterocycles. The molecule has 1 aromatic carbocycles. The number of fused-ring (bicyclic) bond motifs is 1. The number of carbonyl (C=O) groups is 1. The molecule has 3 heterocycles. The van der Waals surface area contributed by atoms with E-state index in [9.17, 15) is 9.90 Å². The lowest BCUT2D eigenvalue weighted by Crippen LogP contribution is -2.52. The highest BCUT2D eigenvalue weighted by Gasteiger charge is 2.30. The third-order valence-corrected chi connectivity index (χ3v) is 5.37. The first-order valence-corrected chi connectivity index (χ1v) is 9.96. The monoisotopic (exact) mass is 392 g/mol. The van der Waals surface area contributed by atoms with E-state index in [1.165, 1.54) is 0 Å². The minimum atomic E-state index is -0.561. The molecule has 4 rings (SSSR count). The average Bonchev–Trinajstić information content (AvgIpc) is 3.39. The Morgan fingerprint density at radius 2 is 2.04 bits per heavy atom. The summed E-state index contributed by atoms with van der Waals surface area (Å²) in [5.41, 5.74) is 0.984. The Balaban J connectivity index is 1.14. The summed E-state index contributed by atoms with van der Waals surface area (Å²) in [4.78, 5) is 16.4. The maximum Gasteiger partial charge on any atom is 0.251 e. The highest BCUT2D eigenvalue weighted by Crippen LogP contribution is 2.32. The molecule has 28 heavy (non-hydrogen) atoms. The molecule has 3 aliphatic rings. The van der Waals surface area contributed by atoms with Gasteiger partial charge in [0.2, 0.25) is 6.79 Å². The van der Waals surface area contributed by atoms with Gasteiger partial charge in [-0.15, -0.1) is 0 Å². The van der Waals surface area contributed by atoms with Gasteiger partial charge in [-0.3, -0.25) is 9.69 Å². The molecule has 3 aliphatic heterocycles. The van der Waals surface area contributed by atoms with Crippen molar-refractivity contribution in [1.29, 1.82) is 0 Å². The molecule has 0 saturated carbocycles. The fourth-order valence-corrected chi connectivity index (χ4v) is 3.82. The number of hydrogen-bond donors (Lipinski definition) is 1. The zero-order valence-corrected chi connectivity index (χ0v) is 16.0. The summed E-state index contributed by atoms with van der Waals surface area (Å²) in [6.07, 6.45) is 0.990. The van der Waals surface area contributed by atoms with E-state index in [-0.39, 0.29) is 25.4 Å². The van der Waals surface area contributed by atoms with E-state index in [1.54, 1.807) is 0 Å². The molecule has 0 radical (unpaired) electrons. The number of piperazine rings is 1. The van der Waals surface area contributed by atoms with E-state index in [1.807, 2.05) is 23.1 Å². The van der Waals surface area contributed by atoms with Gasteiger partial charge in [-0.2, -0.15) is 0 Å². The molecule has 0 bridgehead atoms. The van der Waals surface area contributed by atoms with Crippen molar-refractivity contribution >= 4 is 5.91 Å². The lowest BCUT2D eigenvalue weighted by atomic mass is 10.2. The molecule has 8 nitrogen and oxygen atoms in total. The highest BCUT2D eigenvalue weighted by atomic mass is 16.7. The SMILES string of the molecule is O=C([C@H]1CCCO1)N1CCN(C[C@@H](O)COCc2ccc3c(c2)OCO3)CC1. The Labute approximate surface area is 164 Å². The second-order valence-electron chi connectivity index (χ2n) is 7.48. The fraction of sp³-hybridized carbons (Fsp3) is 0.650. The number of β-amino-alcohol motifs (C(OH)–C–C–N with tert-alkyl or cyclic N) is 1. The minimum Gasteiger partial charge on any atom is -0.454 e. The van der Waals surface area contributed by atoms with Gasteiger partial charge >= 0.3 is 0 Å². The molecular weight excluding hydrogens is 364 g/mol. The van der Waals surface area contributed by atoms with E-state index in [0.717, 1.165) is 43.0 Å². The molecule has 154 valence electrons. The van der Waals surface area contributed by atoms with Crippen molar-refractivity contribution in [2.75, 3.05) is 52.7 Å². The van der Waals surface area contributed by atoms with Crippen LogP contribution in [0.5, 0.6) is 11.5 Å². The second kappa shape index (κ2) is 9.09. The summed E-state index contributed by atoms with van der Waals surface area (Å²) in [7, 11) is 0. The number of aliphatic hydroxyl groups excluding tert-OH is 1. The minimum absolute atomic E-state index is 0.116. The zero-order valence-electron chi connectivity index (χ0n) is 16.0. The van der Waals surface area contributed by atoms with Gasteiger partial charge in [-0.1, -0.05) is 6.07 Å². The summed E-state index contributed by atoms with van der Waals surface area (Å²) in [6.45, 7) is 5.06. The zero-order chi connectivity index (χ0) is 19.3. The molecule has 2 atom stereocenters. The first-order valence-electron chi connectivity index (χ1n) is 9.96. The normalized spacial score (nSPS) is 23.2. The standard InChI is InChI=1S/C20H28N2O6/c23-16(13-25-12-15-3-4-17-19(10-15)28-14-27-17)11-21-5-7-22(8-6-21)20(24)18-2-1-9-26-18/h3-4,10,16,18,23H,1-2,5-9,11-14H2/t16-,18-/m1/s1. The third kappa shape index (κ3) is 4.75. The molecule has 0 spiro atoms. The number of rotatable bonds is 7. The molecule has 0 unspecified atom stereocenters. The van der Waals surface area contributed by atoms with Crippen LogP contribution in [0.1, 0.15) is 18.4 Å². The number of aliphatic hydroxyl groups is 1. The number of hydrogen-bond acceptors (Lipinski definition) is 7. The number of ether oxygens (including phenoxy) is 4. The van der Waals surface area contributed by atoms with Gasteiger partial charge in [0.1, 0.15) is 6.10 Å². The molecular formula is C20H28N2O6. The number of amides is 1. The Morgan fingerprint density at radius 3 is 2.82 bits per heavy atom. The van der Waals surface area contributed by atoms with Crippen molar-refractivity contribution in [2.24, 2.45) is 0 Å². The van der Waals surface area contributed by atoms with Crippen molar-refractivity contribution in [1.82, 2.24) is 9.80 Å². The summed E-state index contributed by atoms with van der Waals surface area (Å²) in [6, 6.07) is 5.71. The Hall–Kier alpha value is -1.87. The summed E-state index contributed by atoms with van der Waals surface area (Å²) in [5.74, 6) is 1.60. The van der Waals surface area contributed by atoms with E-state index >= 15 is 0 Å². The van der Waals surface area contributed by atoms with Crippen LogP contribution in [0.25, 0.3) is 0 Å². The first kappa shape index (κ1) is 19.4. The van der Waals surface area contributed by atoms with E-state index in [4.69, 9.17) is 18.9 Å². The van der Waals surface area contributed by atoms with Gasteiger partial charge in [-0.25, -0.2) is 0 Å².